The van der Waals surface area contributed by atoms with Gasteiger partial charge in [0.25, 0.3) is 0 Å². The van der Waals surface area contributed by atoms with Gasteiger partial charge in [0.1, 0.15) is 11.5 Å². The Morgan fingerprint density at radius 2 is 1.19 bits per heavy atom. The first-order valence-electron chi connectivity index (χ1n) is 9.42. The molecular formula is C22H31O4P. The van der Waals surface area contributed by atoms with E-state index in [1.165, 1.54) is 0 Å². The fourth-order valence-electron chi connectivity index (χ4n) is 2.64. The molecule has 2 aromatic rings. The fourth-order valence-corrected chi connectivity index (χ4v) is 3.44. The summed E-state index contributed by atoms with van der Waals surface area (Å²) in [6.45, 7) is 12.7. The Morgan fingerprint density at radius 1 is 0.815 bits per heavy atom. The number of phosphoric ester groups is 1. The number of benzene rings is 2. The first-order chi connectivity index (χ1) is 12.5. The second-order valence-electron chi connectivity index (χ2n) is 8.18. The highest BCUT2D eigenvalue weighted by Gasteiger charge is 2.27. The lowest BCUT2D eigenvalue weighted by Crippen LogP contribution is -2.15. The van der Waals surface area contributed by atoms with Crippen molar-refractivity contribution in [2.45, 2.75) is 65.2 Å². The average Bonchev–Trinajstić information content (AvgIpc) is 2.61. The van der Waals surface area contributed by atoms with Crippen LogP contribution >= 0.6 is 7.82 Å². The normalized spacial score (nSPS) is 12.7. The molecule has 0 aliphatic carbocycles. The molecule has 0 saturated carbocycles. The van der Waals surface area contributed by atoms with Gasteiger partial charge < -0.3 is 9.05 Å². The molecule has 0 saturated heterocycles. The highest BCUT2D eigenvalue weighted by Crippen LogP contribution is 2.45. The van der Waals surface area contributed by atoms with Gasteiger partial charge in [0.05, 0.1) is 0 Å². The highest BCUT2D eigenvalue weighted by molar-refractivity contribution is 7.48. The molecule has 27 heavy (non-hydrogen) atoms. The number of hydrogen-bond donors (Lipinski definition) is 1. The molecule has 0 aliphatic rings. The zero-order chi connectivity index (χ0) is 20.3. The smallest absolute Gasteiger partial charge is 0.395 e. The van der Waals surface area contributed by atoms with Crippen molar-refractivity contribution in [3.05, 3.63) is 59.7 Å². The summed E-state index contributed by atoms with van der Waals surface area (Å²) in [7, 11) is -4.30. The third-order valence-corrected chi connectivity index (χ3v) is 6.32. The van der Waals surface area contributed by atoms with Gasteiger partial charge in [-0.05, 0) is 59.1 Å². The van der Waals surface area contributed by atoms with E-state index in [2.05, 4.69) is 41.5 Å². The van der Waals surface area contributed by atoms with Gasteiger partial charge in [-0.25, -0.2) is 4.57 Å². The Kier molecular flexibility index (Phi) is 6.44. The lowest BCUT2D eigenvalue weighted by molar-refractivity contribution is 0.290. The lowest BCUT2D eigenvalue weighted by atomic mass is 9.82. The number of phosphoric acid groups is 1. The topological polar surface area (TPSA) is 55.8 Å². The van der Waals surface area contributed by atoms with E-state index in [4.69, 9.17) is 9.05 Å². The molecule has 0 amide bonds. The van der Waals surface area contributed by atoms with Gasteiger partial charge in [0.15, 0.2) is 0 Å². The van der Waals surface area contributed by atoms with Crippen LogP contribution in [0.3, 0.4) is 0 Å². The third-order valence-electron chi connectivity index (χ3n) is 5.44. The molecule has 0 bridgehead atoms. The first kappa shape index (κ1) is 21.5. The monoisotopic (exact) mass is 390 g/mol. The van der Waals surface area contributed by atoms with Gasteiger partial charge in [0, 0.05) is 0 Å². The van der Waals surface area contributed by atoms with Gasteiger partial charge in [-0.2, -0.15) is 0 Å². The van der Waals surface area contributed by atoms with Gasteiger partial charge in [-0.15, -0.1) is 0 Å². The molecule has 5 heteroatoms. The predicted octanol–water partition coefficient (Wildman–Crippen LogP) is 6.62. The van der Waals surface area contributed by atoms with Crippen LogP contribution in [0.2, 0.25) is 0 Å². The van der Waals surface area contributed by atoms with Gasteiger partial charge in [-0.3, -0.25) is 4.89 Å². The van der Waals surface area contributed by atoms with Crippen molar-refractivity contribution in [1.82, 2.24) is 0 Å². The molecule has 0 spiro atoms. The fraction of sp³-hybridized carbons (Fsp3) is 0.455. The van der Waals surface area contributed by atoms with Gasteiger partial charge >= 0.3 is 7.82 Å². The Balaban J connectivity index is 2.20. The van der Waals surface area contributed by atoms with E-state index in [1.54, 1.807) is 24.3 Å². The molecule has 148 valence electrons. The summed E-state index contributed by atoms with van der Waals surface area (Å²) in [5.41, 5.74) is 2.02. The minimum atomic E-state index is -4.30. The largest absolute Gasteiger partial charge is 0.584 e. The van der Waals surface area contributed by atoms with E-state index in [-0.39, 0.29) is 10.8 Å². The molecule has 0 unspecified atom stereocenters. The van der Waals surface area contributed by atoms with Gasteiger partial charge in [0.2, 0.25) is 0 Å². The maximum Gasteiger partial charge on any atom is 0.584 e. The zero-order valence-corrected chi connectivity index (χ0v) is 18.0. The molecule has 0 radical (unpaired) electrons. The quantitative estimate of drug-likeness (QED) is 0.515. The third kappa shape index (κ3) is 5.60. The summed E-state index contributed by atoms with van der Waals surface area (Å²) in [6.07, 6.45) is 1.90. The van der Waals surface area contributed by atoms with Crippen LogP contribution in [0.15, 0.2) is 48.5 Å². The molecule has 0 aliphatic heterocycles. The maximum absolute atomic E-state index is 12.5. The van der Waals surface area contributed by atoms with Gasteiger partial charge in [-0.1, -0.05) is 65.8 Å². The Bertz CT molecular complexity index is 761. The molecule has 2 aromatic carbocycles. The minimum absolute atomic E-state index is 0.0419. The summed E-state index contributed by atoms with van der Waals surface area (Å²) in [5.74, 6) is 0.648. The van der Waals surface area contributed by atoms with Crippen molar-refractivity contribution in [2.24, 2.45) is 0 Å². The second-order valence-corrected chi connectivity index (χ2v) is 9.48. The van der Waals surface area contributed by atoms with Crippen LogP contribution in [0.1, 0.15) is 65.5 Å². The average molecular weight is 390 g/mol. The van der Waals surface area contributed by atoms with Crippen LogP contribution in [0.5, 0.6) is 11.5 Å². The summed E-state index contributed by atoms with van der Waals surface area (Å²) in [6, 6.07) is 14.6. The molecular weight excluding hydrogens is 359 g/mol. The molecule has 1 N–H and O–H groups in total. The molecule has 0 aromatic heterocycles. The SMILES string of the molecule is CCC(C)(C)c1cccc(OP(=O)(O)Oc2cccc(C(C)(C)CC)c2)c1. The molecule has 0 heterocycles. The lowest BCUT2D eigenvalue weighted by Gasteiger charge is -2.25. The number of rotatable bonds is 8. The van der Waals surface area contributed by atoms with E-state index in [0.29, 0.717) is 11.5 Å². The van der Waals surface area contributed by atoms with Crippen LogP contribution < -0.4 is 9.05 Å². The predicted molar refractivity (Wildman–Crippen MR) is 111 cm³/mol. The first-order valence-corrected chi connectivity index (χ1v) is 10.9. The summed E-state index contributed by atoms with van der Waals surface area (Å²) < 4.78 is 23.2. The van der Waals surface area contributed by atoms with Crippen molar-refractivity contribution >= 4 is 7.82 Å². The summed E-state index contributed by atoms with van der Waals surface area (Å²) >= 11 is 0. The Hall–Kier alpha value is -1.77. The van der Waals surface area contributed by atoms with E-state index in [9.17, 15) is 9.46 Å². The van der Waals surface area contributed by atoms with Crippen molar-refractivity contribution in [3.8, 4) is 11.5 Å². The van der Waals surface area contributed by atoms with E-state index < -0.39 is 7.82 Å². The van der Waals surface area contributed by atoms with Crippen molar-refractivity contribution in [3.63, 3.8) is 0 Å². The van der Waals surface area contributed by atoms with Crippen LogP contribution in [0.4, 0.5) is 0 Å². The van der Waals surface area contributed by atoms with E-state index >= 15 is 0 Å². The van der Waals surface area contributed by atoms with Crippen molar-refractivity contribution < 1.29 is 18.5 Å². The molecule has 0 atom stereocenters. The van der Waals surface area contributed by atoms with E-state index in [1.807, 2.05) is 24.3 Å². The summed E-state index contributed by atoms with van der Waals surface area (Å²) in [4.78, 5) is 10.2. The zero-order valence-electron chi connectivity index (χ0n) is 17.2. The van der Waals surface area contributed by atoms with Crippen LogP contribution in [-0.2, 0) is 15.4 Å². The Morgan fingerprint density at radius 3 is 1.52 bits per heavy atom. The highest BCUT2D eigenvalue weighted by atomic mass is 31.2. The Labute approximate surface area is 163 Å². The van der Waals surface area contributed by atoms with E-state index in [0.717, 1.165) is 24.0 Å². The number of hydrogen-bond acceptors (Lipinski definition) is 3. The molecule has 0 fully saturated rings. The van der Waals surface area contributed by atoms with Crippen LogP contribution in [-0.4, -0.2) is 4.89 Å². The van der Waals surface area contributed by atoms with Crippen LogP contribution in [0, 0.1) is 0 Å². The maximum atomic E-state index is 12.5. The summed E-state index contributed by atoms with van der Waals surface area (Å²) in [5, 5.41) is 0. The minimum Gasteiger partial charge on any atom is -0.395 e. The van der Waals surface area contributed by atoms with Crippen molar-refractivity contribution in [2.75, 3.05) is 0 Å². The second kappa shape index (κ2) is 8.08. The molecule has 2 rings (SSSR count). The van der Waals surface area contributed by atoms with Crippen LogP contribution in [0.25, 0.3) is 0 Å². The standard InChI is InChI=1S/C22H31O4P/c1-7-21(3,4)17-11-9-13-19(15-17)25-27(23,24)26-20-14-10-12-18(16-20)22(5,6)8-2/h9-16H,7-8H2,1-6H3,(H,23,24). The molecule has 4 nitrogen and oxygen atoms in total. The van der Waals surface area contributed by atoms with Crippen molar-refractivity contribution in [1.29, 1.82) is 0 Å².